The van der Waals surface area contributed by atoms with Crippen molar-refractivity contribution in [3.63, 3.8) is 0 Å². The molecule has 1 saturated heterocycles. The zero-order chi connectivity index (χ0) is 16.3. The molecule has 1 aromatic rings. The zero-order valence-electron chi connectivity index (χ0n) is 12.9. The molecule has 0 spiro atoms. The Morgan fingerprint density at radius 1 is 1.32 bits per heavy atom. The maximum absolute atomic E-state index is 12.3. The number of carbonyl (C=O) groups excluding carboxylic acids is 1. The SMILES string of the molecule is CC(C)(O)C1CCCN1C(=O)NCc1ccc(C(=O)O)cc1. The zero-order valence-corrected chi connectivity index (χ0v) is 12.9. The van der Waals surface area contributed by atoms with Crippen molar-refractivity contribution >= 4 is 12.0 Å². The third-order valence-electron chi connectivity index (χ3n) is 3.97. The number of amides is 2. The number of urea groups is 1. The summed E-state index contributed by atoms with van der Waals surface area (Å²) in [5.41, 5.74) is 0.130. The largest absolute Gasteiger partial charge is 0.478 e. The molecule has 0 radical (unpaired) electrons. The molecule has 1 heterocycles. The average Bonchev–Trinajstić information content (AvgIpc) is 2.94. The molecule has 0 aromatic heterocycles. The van der Waals surface area contributed by atoms with Crippen molar-refractivity contribution in [3.05, 3.63) is 35.4 Å². The van der Waals surface area contributed by atoms with Crippen molar-refractivity contribution in [2.24, 2.45) is 0 Å². The van der Waals surface area contributed by atoms with Crippen molar-refractivity contribution in [3.8, 4) is 0 Å². The van der Waals surface area contributed by atoms with Gasteiger partial charge in [0.15, 0.2) is 0 Å². The molecule has 1 atom stereocenters. The summed E-state index contributed by atoms with van der Waals surface area (Å²) >= 11 is 0. The molecule has 22 heavy (non-hydrogen) atoms. The molecule has 0 aliphatic carbocycles. The molecule has 1 aliphatic rings. The number of hydrogen-bond donors (Lipinski definition) is 3. The van der Waals surface area contributed by atoms with Gasteiger partial charge in [0.1, 0.15) is 0 Å². The Labute approximate surface area is 129 Å². The third kappa shape index (κ3) is 3.76. The quantitative estimate of drug-likeness (QED) is 0.791. The maximum atomic E-state index is 12.3. The minimum Gasteiger partial charge on any atom is -0.478 e. The molecule has 1 aromatic carbocycles. The highest BCUT2D eigenvalue weighted by molar-refractivity contribution is 5.87. The molecule has 1 unspecified atom stereocenters. The molecule has 1 aliphatic heterocycles. The summed E-state index contributed by atoms with van der Waals surface area (Å²) in [6, 6.07) is 6.01. The predicted octanol–water partition coefficient (Wildman–Crippen LogP) is 1.83. The number of aliphatic hydroxyl groups is 1. The van der Waals surface area contributed by atoms with Crippen LogP contribution in [0.25, 0.3) is 0 Å². The summed E-state index contributed by atoms with van der Waals surface area (Å²) in [7, 11) is 0. The number of carbonyl (C=O) groups is 2. The number of hydrogen-bond acceptors (Lipinski definition) is 3. The Hall–Kier alpha value is -2.08. The molecular weight excluding hydrogens is 284 g/mol. The number of carboxylic acid groups (broad SMARTS) is 1. The van der Waals surface area contributed by atoms with Crippen LogP contribution in [-0.2, 0) is 6.54 Å². The highest BCUT2D eigenvalue weighted by Gasteiger charge is 2.38. The smallest absolute Gasteiger partial charge is 0.335 e. The van der Waals surface area contributed by atoms with Gasteiger partial charge in [-0.1, -0.05) is 12.1 Å². The van der Waals surface area contributed by atoms with Gasteiger partial charge in [0, 0.05) is 13.1 Å². The fraction of sp³-hybridized carbons (Fsp3) is 0.500. The van der Waals surface area contributed by atoms with E-state index in [0.717, 1.165) is 18.4 Å². The van der Waals surface area contributed by atoms with Gasteiger partial charge in [0.2, 0.25) is 0 Å². The monoisotopic (exact) mass is 306 g/mol. The molecule has 2 rings (SSSR count). The predicted molar refractivity (Wildman–Crippen MR) is 81.7 cm³/mol. The number of rotatable bonds is 4. The highest BCUT2D eigenvalue weighted by atomic mass is 16.4. The van der Waals surface area contributed by atoms with Crippen LogP contribution in [0, 0.1) is 0 Å². The van der Waals surface area contributed by atoms with E-state index in [1.807, 2.05) is 0 Å². The van der Waals surface area contributed by atoms with Gasteiger partial charge in [-0.3, -0.25) is 0 Å². The first kappa shape index (κ1) is 16.3. The van der Waals surface area contributed by atoms with E-state index >= 15 is 0 Å². The van der Waals surface area contributed by atoms with Gasteiger partial charge in [-0.05, 0) is 44.4 Å². The Balaban J connectivity index is 1.93. The minimum absolute atomic E-state index is 0.179. The van der Waals surface area contributed by atoms with Crippen LogP contribution in [0.5, 0.6) is 0 Å². The lowest BCUT2D eigenvalue weighted by Crippen LogP contribution is -2.51. The average molecular weight is 306 g/mol. The number of aromatic carboxylic acids is 1. The Bertz CT molecular complexity index is 548. The molecule has 3 N–H and O–H groups in total. The van der Waals surface area contributed by atoms with E-state index in [1.165, 1.54) is 12.1 Å². The number of nitrogens with one attached hydrogen (secondary N) is 1. The third-order valence-corrected chi connectivity index (χ3v) is 3.97. The number of benzene rings is 1. The van der Waals surface area contributed by atoms with Crippen LogP contribution in [0.3, 0.4) is 0 Å². The number of likely N-dealkylation sites (tertiary alicyclic amines) is 1. The topological polar surface area (TPSA) is 89.9 Å². The maximum Gasteiger partial charge on any atom is 0.335 e. The summed E-state index contributed by atoms with van der Waals surface area (Å²) in [4.78, 5) is 24.7. The van der Waals surface area contributed by atoms with Crippen LogP contribution < -0.4 is 5.32 Å². The summed E-state index contributed by atoms with van der Waals surface area (Å²) in [6.07, 6.45) is 1.68. The van der Waals surface area contributed by atoms with Crippen molar-refractivity contribution < 1.29 is 19.8 Å². The van der Waals surface area contributed by atoms with E-state index in [2.05, 4.69) is 5.32 Å². The molecular formula is C16H22N2O4. The van der Waals surface area contributed by atoms with Crippen molar-refractivity contribution in [1.29, 1.82) is 0 Å². The first-order chi connectivity index (χ1) is 10.3. The normalized spacial score (nSPS) is 18.3. The second-order valence-electron chi connectivity index (χ2n) is 6.17. The van der Waals surface area contributed by atoms with Crippen LogP contribution >= 0.6 is 0 Å². The van der Waals surface area contributed by atoms with Crippen LogP contribution in [0.4, 0.5) is 4.79 Å². The van der Waals surface area contributed by atoms with Crippen molar-refractivity contribution in [2.75, 3.05) is 6.54 Å². The van der Waals surface area contributed by atoms with E-state index in [-0.39, 0.29) is 17.6 Å². The summed E-state index contributed by atoms with van der Waals surface area (Å²) in [5.74, 6) is -0.972. The lowest BCUT2D eigenvalue weighted by atomic mass is 9.97. The van der Waals surface area contributed by atoms with E-state index in [4.69, 9.17) is 5.11 Å². The lowest BCUT2D eigenvalue weighted by Gasteiger charge is -2.33. The van der Waals surface area contributed by atoms with Gasteiger partial charge in [0.25, 0.3) is 0 Å². The number of nitrogens with zero attached hydrogens (tertiary/aromatic N) is 1. The Kier molecular flexibility index (Phi) is 4.71. The second kappa shape index (κ2) is 6.36. The van der Waals surface area contributed by atoms with Crippen LogP contribution in [0.15, 0.2) is 24.3 Å². The van der Waals surface area contributed by atoms with E-state index < -0.39 is 11.6 Å². The summed E-state index contributed by atoms with van der Waals surface area (Å²) in [5, 5.41) is 21.8. The van der Waals surface area contributed by atoms with E-state index in [1.54, 1.807) is 30.9 Å². The van der Waals surface area contributed by atoms with Crippen LogP contribution in [0.1, 0.15) is 42.6 Å². The van der Waals surface area contributed by atoms with Crippen molar-refractivity contribution in [2.45, 2.75) is 44.9 Å². The van der Waals surface area contributed by atoms with Gasteiger partial charge in [-0.2, -0.15) is 0 Å². The standard InChI is InChI=1S/C16H22N2O4/c1-16(2,22)13-4-3-9-18(13)15(21)17-10-11-5-7-12(8-6-11)14(19)20/h5-8,13,22H,3-4,9-10H2,1-2H3,(H,17,21)(H,19,20). The van der Waals surface area contributed by atoms with E-state index in [0.29, 0.717) is 13.1 Å². The molecule has 6 nitrogen and oxygen atoms in total. The van der Waals surface area contributed by atoms with Crippen LogP contribution in [0.2, 0.25) is 0 Å². The lowest BCUT2D eigenvalue weighted by molar-refractivity contribution is 0.00978. The van der Waals surface area contributed by atoms with Gasteiger partial charge >= 0.3 is 12.0 Å². The first-order valence-electron chi connectivity index (χ1n) is 7.38. The first-order valence-corrected chi connectivity index (χ1v) is 7.38. The molecule has 0 saturated carbocycles. The molecule has 6 heteroatoms. The fourth-order valence-corrected chi connectivity index (χ4v) is 2.79. The summed E-state index contributed by atoms with van der Waals surface area (Å²) in [6.45, 7) is 4.40. The van der Waals surface area contributed by atoms with Gasteiger partial charge < -0.3 is 20.4 Å². The van der Waals surface area contributed by atoms with E-state index in [9.17, 15) is 14.7 Å². The summed E-state index contributed by atoms with van der Waals surface area (Å²) < 4.78 is 0. The molecule has 2 amide bonds. The molecule has 120 valence electrons. The minimum atomic E-state index is -0.972. The van der Waals surface area contributed by atoms with Crippen LogP contribution in [-0.4, -0.2) is 45.3 Å². The Morgan fingerprint density at radius 3 is 2.50 bits per heavy atom. The molecule has 1 fully saturated rings. The van der Waals surface area contributed by atoms with Gasteiger partial charge in [-0.25, -0.2) is 9.59 Å². The van der Waals surface area contributed by atoms with Gasteiger partial charge in [-0.15, -0.1) is 0 Å². The van der Waals surface area contributed by atoms with Gasteiger partial charge in [0.05, 0.1) is 17.2 Å². The van der Waals surface area contributed by atoms with Crippen molar-refractivity contribution in [1.82, 2.24) is 10.2 Å². The molecule has 0 bridgehead atoms. The fourth-order valence-electron chi connectivity index (χ4n) is 2.79. The highest BCUT2D eigenvalue weighted by Crippen LogP contribution is 2.26. The Morgan fingerprint density at radius 2 is 1.95 bits per heavy atom. The second-order valence-corrected chi connectivity index (χ2v) is 6.17. The number of carboxylic acids is 1.